The maximum absolute atomic E-state index is 13.5. The number of carbonyl (C=O) groups is 1. The third kappa shape index (κ3) is 2.78. The molecule has 140 valence electrons. The summed E-state index contributed by atoms with van der Waals surface area (Å²) in [5.41, 5.74) is 3.02. The quantitative estimate of drug-likeness (QED) is 0.522. The Morgan fingerprint density at radius 2 is 2.00 bits per heavy atom. The van der Waals surface area contributed by atoms with E-state index >= 15 is 0 Å². The van der Waals surface area contributed by atoms with E-state index in [2.05, 4.69) is 10.1 Å². The van der Waals surface area contributed by atoms with Gasteiger partial charge in [-0.2, -0.15) is 5.10 Å². The predicted octanol–water partition coefficient (Wildman–Crippen LogP) is 4.36. The van der Waals surface area contributed by atoms with E-state index in [-0.39, 0.29) is 18.0 Å². The second-order valence-electron chi connectivity index (χ2n) is 7.12. The number of aromatic nitrogens is 3. The van der Waals surface area contributed by atoms with Crippen LogP contribution in [-0.4, -0.2) is 31.4 Å². The van der Waals surface area contributed by atoms with Crippen LogP contribution in [0.25, 0.3) is 16.9 Å². The Labute approximate surface area is 162 Å². The zero-order valence-corrected chi connectivity index (χ0v) is 15.5. The summed E-state index contributed by atoms with van der Waals surface area (Å²) in [4.78, 5) is 19.8. The van der Waals surface area contributed by atoms with Gasteiger partial charge < -0.3 is 9.32 Å². The lowest BCUT2D eigenvalue weighted by molar-refractivity contribution is 0.0654. The maximum atomic E-state index is 13.5. The van der Waals surface area contributed by atoms with Crippen molar-refractivity contribution < 1.29 is 9.21 Å². The highest BCUT2D eigenvalue weighted by Crippen LogP contribution is 2.36. The molecule has 0 radical (unpaired) electrons. The van der Waals surface area contributed by atoms with Crippen molar-refractivity contribution in [3.8, 4) is 11.3 Å². The van der Waals surface area contributed by atoms with Crippen molar-refractivity contribution in [1.29, 1.82) is 0 Å². The van der Waals surface area contributed by atoms with Gasteiger partial charge in [-0.3, -0.25) is 4.79 Å². The van der Waals surface area contributed by atoms with Gasteiger partial charge in [-0.25, -0.2) is 9.50 Å². The van der Waals surface area contributed by atoms with Crippen molar-refractivity contribution in [2.75, 3.05) is 0 Å². The molecule has 0 saturated heterocycles. The summed E-state index contributed by atoms with van der Waals surface area (Å²) in [6.45, 7) is 2.00. The van der Waals surface area contributed by atoms with E-state index in [0.717, 1.165) is 29.9 Å². The molecule has 5 rings (SSSR count). The molecule has 0 aliphatic heterocycles. The van der Waals surface area contributed by atoms with Crippen molar-refractivity contribution in [2.45, 2.75) is 31.8 Å². The van der Waals surface area contributed by atoms with Crippen LogP contribution in [0.4, 0.5) is 0 Å². The lowest BCUT2D eigenvalue weighted by Crippen LogP contribution is -2.35. The molecule has 1 unspecified atom stereocenters. The Morgan fingerprint density at radius 3 is 2.71 bits per heavy atom. The highest BCUT2D eigenvalue weighted by Gasteiger charge is 2.38. The zero-order chi connectivity index (χ0) is 19.1. The van der Waals surface area contributed by atoms with Gasteiger partial charge in [-0.05, 0) is 38.0 Å². The second-order valence-corrected chi connectivity index (χ2v) is 7.12. The summed E-state index contributed by atoms with van der Waals surface area (Å²) in [7, 11) is 0. The molecule has 1 saturated carbocycles. The fourth-order valence-electron chi connectivity index (χ4n) is 3.69. The number of benzene rings is 1. The Hall–Kier alpha value is -3.41. The number of fused-ring (bicyclic) bond motifs is 1. The minimum Gasteiger partial charge on any atom is -0.467 e. The number of furan rings is 1. The number of hydrogen-bond acceptors (Lipinski definition) is 4. The van der Waals surface area contributed by atoms with Crippen LogP contribution in [0, 0.1) is 0 Å². The normalized spacial score (nSPS) is 14.9. The van der Waals surface area contributed by atoms with Crippen LogP contribution < -0.4 is 0 Å². The van der Waals surface area contributed by atoms with Gasteiger partial charge in [0.1, 0.15) is 11.3 Å². The maximum Gasteiger partial charge on any atom is 0.260 e. The molecule has 0 spiro atoms. The molecule has 3 aromatic heterocycles. The number of carbonyl (C=O) groups excluding carboxylic acids is 1. The van der Waals surface area contributed by atoms with Crippen LogP contribution in [0.1, 0.15) is 41.9 Å². The number of nitrogens with zero attached hydrogens (tertiary/aromatic N) is 4. The third-order valence-corrected chi connectivity index (χ3v) is 5.25. The van der Waals surface area contributed by atoms with Crippen molar-refractivity contribution in [3.63, 3.8) is 0 Å². The van der Waals surface area contributed by atoms with Crippen LogP contribution in [0.5, 0.6) is 0 Å². The number of amides is 1. The van der Waals surface area contributed by atoms with Gasteiger partial charge in [-0.1, -0.05) is 30.3 Å². The molecule has 1 atom stereocenters. The van der Waals surface area contributed by atoms with Gasteiger partial charge in [0.15, 0.2) is 5.65 Å². The van der Waals surface area contributed by atoms with E-state index in [1.165, 1.54) is 0 Å². The molecule has 1 aromatic carbocycles. The molecule has 0 N–H and O–H groups in total. The monoisotopic (exact) mass is 372 g/mol. The van der Waals surface area contributed by atoms with Gasteiger partial charge in [0.25, 0.3) is 5.91 Å². The fourth-order valence-corrected chi connectivity index (χ4v) is 3.69. The molecule has 4 aromatic rings. The molecule has 3 heterocycles. The number of rotatable bonds is 5. The van der Waals surface area contributed by atoms with Crippen molar-refractivity contribution >= 4 is 11.6 Å². The van der Waals surface area contributed by atoms with E-state index in [1.807, 2.05) is 60.4 Å². The topological polar surface area (TPSA) is 63.6 Å². The van der Waals surface area contributed by atoms with Crippen LogP contribution in [0.3, 0.4) is 0 Å². The average molecular weight is 372 g/mol. The molecule has 1 aliphatic rings. The summed E-state index contributed by atoms with van der Waals surface area (Å²) in [6.07, 6.45) is 7.02. The van der Waals surface area contributed by atoms with Crippen molar-refractivity contribution in [1.82, 2.24) is 19.5 Å². The molecule has 6 heteroatoms. The molecule has 28 heavy (non-hydrogen) atoms. The van der Waals surface area contributed by atoms with Crippen molar-refractivity contribution in [2.24, 2.45) is 0 Å². The van der Waals surface area contributed by atoms with Gasteiger partial charge in [0, 0.05) is 17.8 Å². The SMILES string of the molecule is CC(c1ccco1)N(C(=O)c1cnn2c(-c3ccccc3)ccnc12)C1CC1. The third-order valence-electron chi connectivity index (χ3n) is 5.25. The molecule has 1 amide bonds. The van der Waals surface area contributed by atoms with Crippen LogP contribution in [0.15, 0.2) is 71.6 Å². The Bertz CT molecular complexity index is 1110. The van der Waals surface area contributed by atoms with Gasteiger partial charge in [0.2, 0.25) is 0 Å². The molecule has 6 nitrogen and oxygen atoms in total. The van der Waals surface area contributed by atoms with Crippen LogP contribution in [0.2, 0.25) is 0 Å². The predicted molar refractivity (Wildman–Crippen MR) is 105 cm³/mol. The van der Waals surface area contributed by atoms with Gasteiger partial charge in [0.05, 0.1) is 24.2 Å². The smallest absolute Gasteiger partial charge is 0.260 e. The minimum absolute atomic E-state index is 0.0564. The van der Waals surface area contributed by atoms with Gasteiger partial charge in [-0.15, -0.1) is 0 Å². The van der Waals surface area contributed by atoms with Crippen LogP contribution >= 0.6 is 0 Å². The second kappa shape index (κ2) is 6.64. The first kappa shape index (κ1) is 16.7. The highest BCUT2D eigenvalue weighted by atomic mass is 16.3. The summed E-state index contributed by atoms with van der Waals surface area (Å²) < 4.78 is 7.30. The van der Waals surface area contributed by atoms with E-state index in [0.29, 0.717) is 11.2 Å². The zero-order valence-electron chi connectivity index (χ0n) is 15.5. The average Bonchev–Trinajstić information content (AvgIpc) is 3.23. The lowest BCUT2D eigenvalue weighted by atomic mass is 10.1. The van der Waals surface area contributed by atoms with E-state index < -0.39 is 0 Å². The summed E-state index contributed by atoms with van der Waals surface area (Å²) in [5, 5.41) is 4.48. The summed E-state index contributed by atoms with van der Waals surface area (Å²) in [5.74, 6) is 0.730. The molecule has 1 fully saturated rings. The summed E-state index contributed by atoms with van der Waals surface area (Å²) >= 11 is 0. The first-order valence-corrected chi connectivity index (χ1v) is 9.48. The fraction of sp³-hybridized carbons (Fsp3) is 0.227. The van der Waals surface area contributed by atoms with E-state index in [9.17, 15) is 4.79 Å². The first-order chi connectivity index (χ1) is 13.7. The molecular formula is C22H20N4O2. The Morgan fingerprint density at radius 1 is 1.18 bits per heavy atom. The lowest BCUT2D eigenvalue weighted by Gasteiger charge is -2.27. The standard InChI is InChI=1S/C22H20N4O2/c1-15(20-8-5-13-28-20)25(17-9-10-17)22(27)18-14-24-26-19(11-12-23-21(18)26)16-6-3-2-4-7-16/h2-8,11-15,17H,9-10H2,1H3. The van der Waals surface area contributed by atoms with E-state index in [4.69, 9.17) is 4.42 Å². The van der Waals surface area contributed by atoms with E-state index in [1.54, 1.807) is 23.2 Å². The molecule has 0 bridgehead atoms. The minimum atomic E-state index is -0.137. The van der Waals surface area contributed by atoms with Crippen molar-refractivity contribution in [3.05, 3.63) is 78.5 Å². The Balaban J connectivity index is 1.56. The summed E-state index contributed by atoms with van der Waals surface area (Å²) in [6, 6.07) is 15.8. The molecule has 1 aliphatic carbocycles. The first-order valence-electron chi connectivity index (χ1n) is 9.48. The largest absolute Gasteiger partial charge is 0.467 e. The molecular weight excluding hydrogens is 352 g/mol. The van der Waals surface area contributed by atoms with Crippen LogP contribution in [-0.2, 0) is 0 Å². The van der Waals surface area contributed by atoms with Gasteiger partial charge >= 0.3 is 0 Å². The highest BCUT2D eigenvalue weighted by molar-refractivity contribution is 6.00. The number of hydrogen-bond donors (Lipinski definition) is 0. The Kier molecular flexibility index (Phi) is 3.97.